The minimum absolute atomic E-state index is 0.182. The molecule has 0 bridgehead atoms. The highest BCUT2D eigenvalue weighted by molar-refractivity contribution is 7.25. The molecule has 250 valence electrons. The van der Waals surface area contributed by atoms with E-state index in [0.29, 0.717) is 28.9 Å². The van der Waals surface area contributed by atoms with Gasteiger partial charge in [0.05, 0.1) is 6.04 Å². The number of anilines is 2. The number of benzene rings is 6. The first kappa shape index (κ1) is 30.0. The summed E-state index contributed by atoms with van der Waals surface area (Å²) in [6, 6.07) is 48.2. The molecule has 0 radical (unpaired) electrons. The molecule has 0 N–H and O–H groups in total. The number of rotatable bonds is 5. The van der Waals surface area contributed by atoms with E-state index >= 15 is 0 Å². The fraction of sp³-hybridized carbons (Fsp3) is 0.0435. The number of hydrogen-bond donors (Lipinski definition) is 0. The molecule has 0 saturated heterocycles. The summed E-state index contributed by atoms with van der Waals surface area (Å²) in [6.07, 6.45) is 9.00. The van der Waals surface area contributed by atoms with Crippen LogP contribution in [0, 0.1) is 0 Å². The Labute approximate surface area is 309 Å². The molecule has 6 nitrogen and oxygen atoms in total. The maximum Gasteiger partial charge on any atom is 0.227 e. The van der Waals surface area contributed by atoms with Crippen molar-refractivity contribution in [2.45, 2.75) is 12.0 Å². The maximum absolute atomic E-state index is 6.51. The van der Waals surface area contributed by atoms with Gasteiger partial charge in [-0.1, -0.05) is 109 Å². The molecule has 2 aliphatic rings. The average molecular weight is 700 g/mol. The van der Waals surface area contributed by atoms with Crippen molar-refractivity contribution in [3.63, 3.8) is 0 Å². The van der Waals surface area contributed by atoms with Crippen molar-refractivity contribution in [1.82, 2.24) is 19.9 Å². The third kappa shape index (κ3) is 5.00. The van der Waals surface area contributed by atoms with Crippen LogP contribution < -0.4 is 4.90 Å². The number of oxazole rings is 1. The fourth-order valence-electron chi connectivity index (χ4n) is 7.77. The minimum atomic E-state index is 0.182. The molecule has 7 heteroatoms. The van der Waals surface area contributed by atoms with Gasteiger partial charge in [0.1, 0.15) is 5.52 Å². The number of fused-ring (bicyclic) bond motifs is 7. The predicted octanol–water partition coefficient (Wildman–Crippen LogP) is 11.8. The Kier molecular flexibility index (Phi) is 6.75. The Hall–Kier alpha value is -6.70. The highest BCUT2D eigenvalue weighted by Gasteiger charge is 2.38. The summed E-state index contributed by atoms with van der Waals surface area (Å²) >= 11 is 1.86. The average Bonchev–Trinajstić information content (AvgIpc) is 3.92. The van der Waals surface area contributed by atoms with E-state index in [2.05, 4.69) is 89.9 Å². The van der Waals surface area contributed by atoms with E-state index in [0.717, 1.165) is 33.5 Å². The van der Waals surface area contributed by atoms with Gasteiger partial charge in [0, 0.05) is 59.7 Å². The number of aromatic nitrogens is 4. The summed E-state index contributed by atoms with van der Waals surface area (Å²) in [6.45, 7) is 0. The molecule has 3 aromatic heterocycles. The normalized spacial score (nSPS) is 16.1. The van der Waals surface area contributed by atoms with Gasteiger partial charge in [-0.15, -0.1) is 11.3 Å². The van der Waals surface area contributed by atoms with Crippen LogP contribution in [0.5, 0.6) is 0 Å². The van der Waals surface area contributed by atoms with Crippen molar-refractivity contribution in [3.8, 4) is 45.6 Å². The summed E-state index contributed by atoms with van der Waals surface area (Å²) in [5, 5.41) is 2.66. The van der Waals surface area contributed by atoms with Gasteiger partial charge >= 0.3 is 0 Å². The standard InChI is InChI=1S/C46H29N5OS/c1-3-12-28(13-4-1)43-48-44(29-14-5-2-6-15-29)50-45(49-43)30-22-23-37-40(25-30)52-46(47-37)31-16-11-17-32(24-31)51-38-20-9-7-18-33(38)35-26-36-34-19-8-10-21-41(34)53-42(36)27-39(35)51/h1-27,33,38H. The van der Waals surface area contributed by atoms with Crippen molar-refractivity contribution in [3.05, 3.63) is 169 Å². The van der Waals surface area contributed by atoms with Gasteiger partial charge in [-0.25, -0.2) is 19.9 Å². The van der Waals surface area contributed by atoms with E-state index in [1.807, 2.05) is 90.2 Å². The van der Waals surface area contributed by atoms with Crippen LogP contribution in [0.4, 0.5) is 11.4 Å². The smallest absolute Gasteiger partial charge is 0.227 e. The lowest BCUT2D eigenvalue weighted by atomic mass is 9.90. The van der Waals surface area contributed by atoms with E-state index in [1.165, 1.54) is 31.4 Å². The van der Waals surface area contributed by atoms with Crippen LogP contribution in [-0.2, 0) is 0 Å². The van der Waals surface area contributed by atoms with Crippen molar-refractivity contribution in [2.24, 2.45) is 0 Å². The first-order chi connectivity index (χ1) is 26.2. The summed E-state index contributed by atoms with van der Waals surface area (Å²) in [7, 11) is 0. The maximum atomic E-state index is 6.51. The van der Waals surface area contributed by atoms with Crippen molar-refractivity contribution >= 4 is 54.0 Å². The van der Waals surface area contributed by atoms with Crippen LogP contribution in [0.2, 0.25) is 0 Å². The van der Waals surface area contributed by atoms with Gasteiger partial charge in [0.15, 0.2) is 23.1 Å². The number of hydrogen-bond acceptors (Lipinski definition) is 7. The molecule has 0 spiro atoms. The molecule has 0 saturated carbocycles. The van der Waals surface area contributed by atoms with E-state index in [1.54, 1.807) is 0 Å². The molecule has 4 heterocycles. The van der Waals surface area contributed by atoms with Gasteiger partial charge in [0.25, 0.3) is 0 Å². The van der Waals surface area contributed by atoms with E-state index in [4.69, 9.17) is 24.4 Å². The molecule has 1 aliphatic heterocycles. The highest BCUT2D eigenvalue weighted by Crippen LogP contribution is 2.51. The fourth-order valence-corrected chi connectivity index (χ4v) is 8.89. The SMILES string of the molecule is C1=CC2c3cc4c(cc3N(c3cccc(-c5nc6ccc(-c7nc(-c8ccccc8)nc(-c8ccccc8)n7)cc6o5)c3)C2C=C1)sc1ccccc14. The largest absolute Gasteiger partial charge is 0.436 e. The van der Waals surface area contributed by atoms with Crippen molar-refractivity contribution in [1.29, 1.82) is 0 Å². The second-order valence-electron chi connectivity index (χ2n) is 13.5. The molecule has 9 aromatic rings. The first-order valence-electron chi connectivity index (χ1n) is 17.7. The highest BCUT2D eigenvalue weighted by atomic mass is 32.1. The van der Waals surface area contributed by atoms with E-state index in [9.17, 15) is 0 Å². The van der Waals surface area contributed by atoms with Crippen LogP contribution in [0.1, 0.15) is 11.5 Å². The molecule has 6 aromatic carbocycles. The minimum Gasteiger partial charge on any atom is -0.436 e. The lowest BCUT2D eigenvalue weighted by Gasteiger charge is -2.29. The monoisotopic (exact) mass is 699 g/mol. The zero-order valence-electron chi connectivity index (χ0n) is 28.3. The quantitative estimate of drug-likeness (QED) is 0.178. The van der Waals surface area contributed by atoms with Crippen LogP contribution in [0.15, 0.2) is 168 Å². The zero-order valence-corrected chi connectivity index (χ0v) is 29.1. The Morgan fingerprint density at radius 2 is 1.23 bits per heavy atom. The van der Waals surface area contributed by atoms with E-state index in [-0.39, 0.29) is 12.0 Å². The van der Waals surface area contributed by atoms with Gasteiger partial charge in [0.2, 0.25) is 5.89 Å². The Bertz CT molecular complexity index is 2870. The number of thiophene rings is 1. The molecule has 1 aliphatic carbocycles. The topological polar surface area (TPSA) is 67.9 Å². The lowest BCUT2D eigenvalue weighted by molar-refractivity contribution is 0.620. The second kappa shape index (κ2) is 11.9. The Morgan fingerprint density at radius 3 is 2.02 bits per heavy atom. The molecule has 11 rings (SSSR count). The molecule has 0 amide bonds. The molecule has 53 heavy (non-hydrogen) atoms. The second-order valence-corrected chi connectivity index (χ2v) is 14.5. The summed E-state index contributed by atoms with van der Waals surface area (Å²) < 4.78 is 9.13. The third-order valence-corrected chi connectivity index (χ3v) is 11.4. The van der Waals surface area contributed by atoms with Crippen molar-refractivity contribution in [2.75, 3.05) is 4.90 Å². The Morgan fingerprint density at radius 1 is 0.528 bits per heavy atom. The van der Waals surface area contributed by atoms with Gasteiger partial charge < -0.3 is 9.32 Å². The van der Waals surface area contributed by atoms with Gasteiger partial charge in [-0.3, -0.25) is 0 Å². The predicted molar refractivity (Wildman–Crippen MR) is 215 cm³/mol. The van der Waals surface area contributed by atoms with Crippen LogP contribution in [0.3, 0.4) is 0 Å². The van der Waals surface area contributed by atoms with Crippen LogP contribution in [-0.4, -0.2) is 26.0 Å². The van der Waals surface area contributed by atoms with Gasteiger partial charge in [-0.05, 0) is 60.2 Å². The summed E-state index contributed by atoms with van der Waals surface area (Å²) in [5.74, 6) is 2.65. The Balaban J connectivity index is 0.983. The summed E-state index contributed by atoms with van der Waals surface area (Å²) in [4.78, 5) is 22.1. The molecule has 0 fully saturated rings. The number of allylic oxidation sites excluding steroid dienone is 2. The lowest BCUT2D eigenvalue weighted by Crippen LogP contribution is -2.28. The molecular formula is C46H29N5OS. The zero-order chi connectivity index (χ0) is 34.9. The molecule has 2 unspecified atom stereocenters. The first-order valence-corrected chi connectivity index (χ1v) is 18.5. The van der Waals surface area contributed by atoms with Crippen LogP contribution >= 0.6 is 11.3 Å². The van der Waals surface area contributed by atoms with E-state index < -0.39 is 0 Å². The molecular weight excluding hydrogens is 671 g/mol. The number of nitrogens with zero attached hydrogens (tertiary/aromatic N) is 5. The molecule has 2 atom stereocenters. The van der Waals surface area contributed by atoms with Crippen LogP contribution in [0.25, 0.3) is 76.9 Å². The third-order valence-electron chi connectivity index (χ3n) is 10.3. The van der Waals surface area contributed by atoms with Gasteiger partial charge in [-0.2, -0.15) is 0 Å². The van der Waals surface area contributed by atoms with Crippen molar-refractivity contribution < 1.29 is 4.42 Å². The summed E-state index contributed by atoms with van der Waals surface area (Å²) in [5.41, 5.74) is 8.75.